The lowest BCUT2D eigenvalue weighted by Crippen LogP contribution is -2.31. The third-order valence-electron chi connectivity index (χ3n) is 2.98. The molecular formula is C14H29NO2. The van der Waals surface area contributed by atoms with Crippen molar-refractivity contribution in [1.29, 1.82) is 0 Å². The minimum atomic E-state index is -0.441. The summed E-state index contributed by atoms with van der Waals surface area (Å²) in [7, 11) is 0. The molecule has 0 saturated heterocycles. The van der Waals surface area contributed by atoms with Crippen LogP contribution in [0.1, 0.15) is 71.6 Å². The zero-order valence-corrected chi connectivity index (χ0v) is 11.5. The molecule has 0 amide bonds. The summed E-state index contributed by atoms with van der Waals surface area (Å²) in [6.07, 6.45) is 10.7. The van der Waals surface area contributed by atoms with Gasteiger partial charge in [0.05, 0.1) is 6.61 Å². The number of carbonyl (C=O) groups is 1. The van der Waals surface area contributed by atoms with Crippen molar-refractivity contribution in [2.45, 2.75) is 77.7 Å². The first kappa shape index (κ1) is 16.4. The normalized spacial score (nSPS) is 12.4. The largest absolute Gasteiger partial charge is 0.465 e. The number of carbonyl (C=O) groups excluding carboxylic acids is 1. The predicted molar refractivity (Wildman–Crippen MR) is 71.8 cm³/mol. The number of hydrogen-bond acceptors (Lipinski definition) is 3. The molecule has 0 aliphatic heterocycles. The number of nitrogens with two attached hydrogens (primary N) is 1. The van der Waals surface area contributed by atoms with Gasteiger partial charge < -0.3 is 10.5 Å². The quantitative estimate of drug-likeness (QED) is 0.447. The number of hydrogen-bond donors (Lipinski definition) is 1. The highest BCUT2D eigenvalue weighted by Gasteiger charge is 2.11. The smallest absolute Gasteiger partial charge is 0.322 e. The summed E-state index contributed by atoms with van der Waals surface area (Å²) in [5.74, 6) is -0.254. The SMILES string of the molecule is CCCCCCCCCCOC(=O)[C@@H](N)CC. The van der Waals surface area contributed by atoms with Crippen molar-refractivity contribution in [3.63, 3.8) is 0 Å². The fourth-order valence-electron chi connectivity index (χ4n) is 1.68. The van der Waals surface area contributed by atoms with Gasteiger partial charge >= 0.3 is 5.97 Å². The maximum absolute atomic E-state index is 11.2. The summed E-state index contributed by atoms with van der Waals surface area (Å²) in [5.41, 5.74) is 5.55. The molecule has 2 N–H and O–H groups in total. The molecule has 0 aromatic rings. The molecule has 3 heteroatoms. The first-order valence-corrected chi connectivity index (χ1v) is 7.14. The minimum Gasteiger partial charge on any atom is -0.465 e. The second kappa shape index (κ2) is 11.9. The second-order valence-electron chi connectivity index (χ2n) is 4.66. The number of esters is 1. The Balaban J connectivity index is 3.16. The van der Waals surface area contributed by atoms with Crippen molar-refractivity contribution in [2.24, 2.45) is 5.73 Å². The molecule has 0 bridgehead atoms. The van der Waals surface area contributed by atoms with Crippen LogP contribution in [0.5, 0.6) is 0 Å². The molecule has 0 aliphatic carbocycles. The maximum atomic E-state index is 11.2. The van der Waals surface area contributed by atoms with Gasteiger partial charge in [0.2, 0.25) is 0 Å². The molecule has 0 aromatic carbocycles. The van der Waals surface area contributed by atoms with Crippen molar-refractivity contribution in [3.05, 3.63) is 0 Å². The summed E-state index contributed by atoms with van der Waals surface area (Å²) in [6.45, 7) is 4.65. The first-order valence-electron chi connectivity index (χ1n) is 7.14. The van der Waals surface area contributed by atoms with E-state index in [0.29, 0.717) is 13.0 Å². The zero-order chi connectivity index (χ0) is 12.9. The molecular weight excluding hydrogens is 214 g/mol. The highest BCUT2D eigenvalue weighted by molar-refractivity contribution is 5.75. The van der Waals surface area contributed by atoms with E-state index in [-0.39, 0.29) is 5.97 Å². The van der Waals surface area contributed by atoms with Gasteiger partial charge in [-0.25, -0.2) is 0 Å². The van der Waals surface area contributed by atoms with E-state index in [1.165, 1.54) is 38.5 Å². The summed E-state index contributed by atoms with van der Waals surface area (Å²) in [4.78, 5) is 11.2. The van der Waals surface area contributed by atoms with Crippen molar-refractivity contribution in [3.8, 4) is 0 Å². The fraction of sp³-hybridized carbons (Fsp3) is 0.929. The molecule has 0 heterocycles. The Morgan fingerprint density at radius 2 is 1.53 bits per heavy atom. The third kappa shape index (κ3) is 10.3. The molecule has 102 valence electrons. The number of ether oxygens (including phenoxy) is 1. The second-order valence-corrected chi connectivity index (χ2v) is 4.66. The van der Waals surface area contributed by atoms with Gasteiger partial charge in [-0.1, -0.05) is 58.8 Å². The zero-order valence-electron chi connectivity index (χ0n) is 11.5. The Labute approximate surface area is 106 Å². The van der Waals surface area contributed by atoms with Crippen LogP contribution in [0.15, 0.2) is 0 Å². The van der Waals surface area contributed by atoms with Gasteiger partial charge in [-0.15, -0.1) is 0 Å². The van der Waals surface area contributed by atoms with Crippen molar-refractivity contribution in [2.75, 3.05) is 6.61 Å². The van der Waals surface area contributed by atoms with Gasteiger partial charge in [-0.05, 0) is 12.8 Å². The van der Waals surface area contributed by atoms with E-state index in [9.17, 15) is 4.79 Å². The van der Waals surface area contributed by atoms with E-state index in [2.05, 4.69) is 6.92 Å². The monoisotopic (exact) mass is 243 g/mol. The van der Waals surface area contributed by atoms with Crippen LogP contribution in [0.25, 0.3) is 0 Å². The van der Waals surface area contributed by atoms with Crippen LogP contribution in [-0.2, 0) is 9.53 Å². The fourth-order valence-corrected chi connectivity index (χ4v) is 1.68. The highest BCUT2D eigenvalue weighted by atomic mass is 16.5. The van der Waals surface area contributed by atoms with E-state index in [1.54, 1.807) is 0 Å². The summed E-state index contributed by atoms with van der Waals surface area (Å²) in [5, 5.41) is 0. The average Bonchev–Trinajstić information content (AvgIpc) is 2.35. The van der Waals surface area contributed by atoms with E-state index >= 15 is 0 Å². The van der Waals surface area contributed by atoms with Crippen molar-refractivity contribution >= 4 is 5.97 Å². The van der Waals surface area contributed by atoms with Gasteiger partial charge in [0.1, 0.15) is 6.04 Å². The summed E-state index contributed by atoms with van der Waals surface area (Å²) in [6, 6.07) is -0.441. The predicted octanol–water partition coefficient (Wildman–Crippen LogP) is 3.41. The van der Waals surface area contributed by atoms with Gasteiger partial charge in [0, 0.05) is 0 Å². The molecule has 0 aromatic heterocycles. The van der Waals surface area contributed by atoms with Crippen LogP contribution in [-0.4, -0.2) is 18.6 Å². The van der Waals surface area contributed by atoms with E-state index in [1.807, 2.05) is 6.92 Å². The molecule has 1 atom stereocenters. The molecule has 0 rings (SSSR count). The van der Waals surface area contributed by atoms with Crippen molar-refractivity contribution in [1.82, 2.24) is 0 Å². The van der Waals surface area contributed by atoms with E-state index in [4.69, 9.17) is 10.5 Å². The molecule has 3 nitrogen and oxygen atoms in total. The van der Waals surface area contributed by atoms with Crippen molar-refractivity contribution < 1.29 is 9.53 Å². The summed E-state index contributed by atoms with van der Waals surface area (Å²) >= 11 is 0. The van der Waals surface area contributed by atoms with Crippen LogP contribution in [0.3, 0.4) is 0 Å². The molecule has 0 radical (unpaired) electrons. The highest BCUT2D eigenvalue weighted by Crippen LogP contribution is 2.08. The molecule has 0 spiro atoms. The maximum Gasteiger partial charge on any atom is 0.322 e. The minimum absolute atomic E-state index is 0.254. The van der Waals surface area contributed by atoms with Crippen LogP contribution in [0, 0.1) is 0 Å². The van der Waals surface area contributed by atoms with E-state index < -0.39 is 6.04 Å². The van der Waals surface area contributed by atoms with Crippen LogP contribution < -0.4 is 5.73 Å². The third-order valence-corrected chi connectivity index (χ3v) is 2.98. The molecule has 0 fully saturated rings. The van der Waals surface area contributed by atoms with Gasteiger partial charge in [0.15, 0.2) is 0 Å². The molecule has 17 heavy (non-hydrogen) atoms. The van der Waals surface area contributed by atoms with Crippen LogP contribution in [0.2, 0.25) is 0 Å². The lowest BCUT2D eigenvalue weighted by molar-refractivity contribution is -0.145. The van der Waals surface area contributed by atoms with Crippen LogP contribution >= 0.6 is 0 Å². The van der Waals surface area contributed by atoms with E-state index in [0.717, 1.165) is 12.8 Å². The first-order chi connectivity index (χ1) is 8.22. The number of rotatable bonds is 11. The Bertz CT molecular complexity index is 183. The average molecular weight is 243 g/mol. The molecule has 0 saturated carbocycles. The molecule has 0 aliphatic rings. The van der Waals surface area contributed by atoms with Crippen LogP contribution in [0.4, 0.5) is 0 Å². The lowest BCUT2D eigenvalue weighted by atomic mass is 10.1. The Kier molecular flexibility index (Phi) is 11.5. The lowest BCUT2D eigenvalue weighted by Gasteiger charge is -2.08. The van der Waals surface area contributed by atoms with Gasteiger partial charge in [-0.3, -0.25) is 4.79 Å². The topological polar surface area (TPSA) is 52.3 Å². The standard InChI is InChI=1S/C14H29NO2/c1-3-5-6-7-8-9-10-11-12-17-14(16)13(15)4-2/h13H,3-12,15H2,1-2H3/t13-/m0/s1. The number of unbranched alkanes of at least 4 members (excludes halogenated alkanes) is 7. The Morgan fingerprint density at radius 1 is 1.00 bits per heavy atom. The Hall–Kier alpha value is -0.570. The van der Waals surface area contributed by atoms with Gasteiger partial charge in [0.25, 0.3) is 0 Å². The van der Waals surface area contributed by atoms with Gasteiger partial charge in [-0.2, -0.15) is 0 Å². The molecule has 0 unspecified atom stereocenters. The Morgan fingerprint density at radius 3 is 2.06 bits per heavy atom. The summed E-state index contributed by atoms with van der Waals surface area (Å²) < 4.78 is 5.08.